The summed E-state index contributed by atoms with van der Waals surface area (Å²) in [5.41, 5.74) is 3.96. The zero-order valence-corrected chi connectivity index (χ0v) is 19.0. The quantitative estimate of drug-likeness (QED) is 0.350. The van der Waals surface area contributed by atoms with E-state index in [4.69, 9.17) is 0 Å². The molecule has 0 fully saturated rings. The van der Waals surface area contributed by atoms with E-state index >= 15 is 0 Å². The summed E-state index contributed by atoms with van der Waals surface area (Å²) in [5.74, 6) is -0.854. The molecule has 7 heteroatoms. The van der Waals surface area contributed by atoms with Gasteiger partial charge < -0.3 is 10.2 Å². The van der Waals surface area contributed by atoms with Gasteiger partial charge in [0.1, 0.15) is 0 Å². The summed E-state index contributed by atoms with van der Waals surface area (Å²) in [4.78, 5) is 27.8. The first-order valence-electron chi connectivity index (χ1n) is 11.3. The first-order valence-corrected chi connectivity index (χ1v) is 11.3. The van der Waals surface area contributed by atoms with Crippen molar-refractivity contribution in [3.8, 4) is 0 Å². The number of alkyl halides is 3. The molecule has 0 aromatic heterocycles. The summed E-state index contributed by atoms with van der Waals surface area (Å²) in [6.07, 6.45) is -3.80. The number of carbonyl (C=O) groups is 2. The lowest BCUT2D eigenvalue weighted by Crippen LogP contribution is -2.30. The van der Waals surface area contributed by atoms with Gasteiger partial charge in [-0.25, -0.2) is 0 Å². The average molecular weight is 486 g/mol. The average Bonchev–Trinajstić information content (AvgIpc) is 3.05. The fourth-order valence-electron chi connectivity index (χ4n) is 4.34. The van der Waals surface area contributed by atoms with Gasteiger partial charge in [-0.15, -0.1) is 0 Å². The number of anilines is 2. The number of para-hydroxylation sites is 1. The maximum absolute atomic E-state index is 13.5. The molecule has 1 aliphatic rings. The van der Waals surface area contributed by atoms with E-state index in [0.717, 1.165) is 35.4 Å². The molecule has 180 valence electrons. The van der Waals surface area contributed by atoms with Crippen molar-refractivity contribution in [2.45, 2.75) is 19.1 Å². The van der Waals surface area contributed by atoms with Crippen molar-refractivity contribution in [1.29, 1.82) is 0 Å². The number of hydrogen-bond donors (Lipinski definition) is 1. The van der Waals surface area contributed by atoms with E-state index < -0.39 is 17.6 Å². The van der Waals surface area contributed by atoms with Gasteiger partial charge in [0.2, 0.25) is 0 Å². The number of amides is 2. The van der Waals surface area contributed by atoms with E-state index in [1.165, 1.54) is 17.7 Å². The minimum Gasteiger partial charge on any atom is -0.322 e. The van der Waals surface area contributed by atoms with Crippen LogP contribution in [0.25, 0.3) is 0 Å². The molecule has 1 heterocycles. The van der Waals surface area contributed by atoms with Gasteiger partial charge >= 0.3 is 6.18 Å². The fourth-order valence-corrected chi connectivity index (χ4v) is 4.34. The van der Waals surface area contributed by atoms with E-state index in [9.17, 15) is 22.8 Å². The Morgan fingerprint density at radius 3 is 2.11 bits per heavy atom. The summed E-state index contributed by atoms with van der Waals surface area (Å²) < 4.78 is 38.9. The monoisotopic (exact) mass is 486 g/mol. The van der Waals surface area contributed by atoms with Crippen LogP contribution in [0, 0.1) is 0 Å². The number of hydrogen-bond acceptors (Lipinski definition) is 2. The Morgan fingerprint density at radius 1 is 0.722 bits per heavy atom. The second-order valence-electron chi connectivity index (χ2n) is 8.58. The van der Waals surface area contributed by atoms with E-state index in [1.807, 2.05) is 42.5 Å². The van der Waals surface area contributed by atoms with Crippen LogP contribution < -0.4 is 10.2 Å². The van der Waals surface area contributed by atoms with E-state index in [2.05, 4.69) is 11.4 Å². The third-order valence-corrected chi connectivity index (χ3v) is 6.20. The van der Waals surface area contributed by atoms with Crippen molar-refractivity contribution in [3.63, 3.8) is 0 Å². The second kappa shape index (κ2) is 9.34. The van der Waals surface area contributed by atoms with Crippen LogP contribution in [-0.2, 0) is 19.1 Å². The maximum atomic E-state index is 13.5. The lowest BCUT2D eigenvalue weighted by atomic mass is 10.0. The molecular weight excluding hydrogens is 465 g/mol. The molecule has 0 radical (unpaired) electrons. The minimum atomic E-state index is -4.54. The van der Waals surface area contributed by atoms with E-state index in [-0.39, 0.29) is 11.5 Å². The minimum absolute atomic E-state index is 0.107. The highest BCUT2D eigenvalue weighted by Gasteiger charge is 2.31. The first kappa shape index (κ1) is 23.4. The van der Waals surface area contributed by atoms with Crippen LogP contribution in [0.5, 0.6) is 0 Å². The van der Waals surface area contributed by atoms with Crippen LogP contribution in [0.4, 0.5) is 24.5 Å². The summed E-state index contributed by atoms with van der Waals surface area (Å²) in [5, 5.41) is 2.59. The zero-order chi connectivity index (χ0) is 25.3. The van der Waals surface area contributed by atoms with Gasteiger partial charge in [-0.05, 0) is 71.6 Å². The molecule has 4 aromatic carbocycles. The lowest BCUT2D eigenvalue weighted by molar-refractivity contribution is -0.137. The van der Waals surface area contributed by atoms with Crippen molar-refractivity contribution in [3.05, 3.63) is 130 Å². The molecule has 4 aromatic rings. The van der Waals surface area contributed by atoms with Gasteiger partial charge in [0.25, 0.3) is 11.8 Å². The third kappa shape index (κ3) is 4.73. The highest BCUT2D eigenvalue weighted by atomic mass is 19.4. The van der Waals surface area contributed by atoms with Gasteiger partial charge in [-0.2, -0.15) is 13.2 Å². The number of halogens is 3. The summed E-state index contributed by atoms with van der Waals surface area (Å²) >= 11 is 0. The Morgan fingerprint density at radius 2 is 1.39 bits per heavy atom. The molecule has 5 rings (SSSR count). The van der Waals surface area contributed by atoms with Gasteiger partial charge in [0.05, 0.1) is 12.1 Å². The molecule has 36 heavy (non-hydrogen) atoms. The van der Waals surface area contributed by atoms with Crippen molar-refractivity contribution in [2.75, 3.05) is 10.2 Å². The number of benzene rings is 4. The normalized spacial score (nSPS) is 12.8. The Balaban J connectivity index is 1.37. The molecule has 1 aliphatic heterocycles. The molecular formula is C29H21F3N2O2. The molecule has 0 bridgehead atoms. The highest BCUT2D eigenvalue weighted by Crippen LogP contribution is 2.32. The van der Waals surface area contributed by atoms with Crippen LogP contribution in [0.2, 0.25) is 0 Å². The standard InChI is InChI=1S/C29H21F3N2O2/c30-29(31,32)24-10-5-9-22(17-24)27(35)33-25-14-12-19(13-15-25)28(36)34-18-23-8-2-1-6-20(23)16-21-7-3-4-11-26(21)34/h1-15,17H,16,18H2,(H,33,35). The number of carbonyl (C=O) groups excluding carboxylic acids is 2. The SMILES string of the molecule is O=C(Nc1ccc(C(=O)N2Cc3ccccc3Cc3ccccc32)cc1)c1cccc(C(F)(F)F)c1. The summed E-state index contributed by atoms with van der Waals surface area (Å²) in [7, 11) is 0. The number of rotatable bonds is 3. The van der Waals surface area contributed by atoms with Crippen LogP contribution in [-0.4, -0.2) is 11.8 Å². The molecule has 1 N–H and O–H groups in total. The molecule has 0 aliphatic carbocycles. The van der Waals surface area contributed by atoms with Crippen LogP contribution in [0.3, 0.4) is 0 Å². The molecule has 0 saturated carbocycles. The summed E-state index contributed by atoms with van der Waals surface area (Å²) in [6, 6.07) is 26.4. The number of nitrogens with one attached hydrogen (secondary N) is 1. The van der Waals surface area contributed by atoms with Crippen molar-refractivity contribution in [2.24, 2.45) is 0 Å². The molecule has 0 unspecified atom stereocenters. The topological polar surface area (TPSA) is 49.4 Å². The molecule has 0 saturated heterocycles. The maximum Gasteiger partial charge on any atom is 0.416 e. The van der Waals surface area contributed by atoms with Crippen LogP contribution in [0.1, 0.15) is 43.0 Å². The highest BCUT2D eigenvalue weighted by molar-refractivity contribution is 6.08. The molecule has 2 amide bonds. The lowest BCUT2D eigenvalue weighted by Gasteiger charge is -2.23. The van der Waals surface area contributed by atoms with Crippen LogP contribution >= 0.6 is 0 Å². The Labute approximate surface area is 206 Å². The largest absolute Gasteiger partial charge is 0.416 e. The van der Waals surface area contributed by atoms with E-state index in [1.54, 1.807) is 29.2 Å². The Hall–Kier alpha value is -4.39. The number of nitrogens with zero attached hydrogens (tertiary/aromatic N) is 1. The smallest absolute Gasteiger partial charge is 0.322 e. The molecule has 0 atom stereocenters. The van der Waals surface area contributed by atoms with Gasteiger partial charge in [-0.3, -0.25) is 9.59 Å². The van der Waals surface area contributed by atoms with Crippen LogP contribution in [0.15, 0.2) is 97.1 Å². The molecule has 4 nitrogen and oxygen atoms in total. The van der Waals surface area contributed by atoms with E-state index in [0.29, 0.717) is 17.8 Å². The molecule has 0 spiro atoms. The predicted octanol–water partition coefficient (Wildman–Crippen LogP) is 6.71. The fraction of sp³-hybridized carbons (Fsp3) is 0.103. The first-order chi connectivity index (χ1) is 17.3. The predicted molar refractivity (Wildman–Crippen MR) is 132 cm³/mol. The van der Waals surface area contributed by atoms with Gasteiger partial charge in [-0.1, -0.05) is 48.5 Å². The number of fused-ring (bicyclic) bond motifs is 2. The third-order valence-electron chi connectivity index (χ3n) is 6.20. The summed E-state index contributed by atoms with van der Waals surface area (Å²) in [6.45, 7) is 0.431. The second-order valence-corrected chi connectivity index (χ2v) is 8.58. The van der Waals surface area contributed by atoms with Crippen molar-refractivity contribution >= 4 is 23.2 Å². The van der Waals surface area contributed by atoms with Crippen molar-refractivity contribution in [1.82, 2.24) is 0 Å². The van der Waals surface area contributed by atoms with Gasteiger partial charge in [0, 0.05) is 22.5 Å². The van der Waals surface area contributed by atoms with Crippen molar-refractivity contribution < 1.29 is 22.8 Å². The van der Waals surface area contributed by atoms with Gasteiger partial charge in [0.15, 0.2) is 0 Å². The zero-order valence-electron chi connectivity index (χ0n) is 19.0. The Bertz CT molecular complexity index is 1450. The Kier molecular flexibility index (Phi) is 6.06.